The molecular weight excluding hydrogens is 385 g/mol. The smallest absolute Gasteiger partial charge is 0.342 e. The lowest BCUT2D eigenvalue weighted by Crippen LogP contribution is -1.97. The van der Waals surface area contributed by atoms with Crippen LogP contribution in [0, 0.1) is 6.92 Å². The average Bonchev–Trinajstić information content (AvgIpc) is 3.16. The number of furan rings is 1. The van der Waals surface area contributed by atoms with Gasteiger partial charge >= 0.3 is 5.97 Å². The Morgan fingerprint density at radius 1 is 1.32 bits per heavy atom. The van der Waals surface area contributed by atoms with Crippen LogP contribution in [0.1, 0.15) is 11.6 Å². The van der Waals surface area contributed by atoms with E-state index in [4.69, 9.17) is 27.6 Å². The molecule has 0 aliphatic rings. The fourth-order valence-corrected chi connectivity index (χ4v) is 3.23. The number of aromatic amines is 1. The van der Waals surface area contributed by atoms with Gasteiger partial charge in [-0.3, -0.25) is 5.10 Å². The molecule has 1 aromatic carbocycles. The number of nitrogens with one attached hydrogen (secondary N) is 1. The van der Waals surface area contributed by atoms with Crippen molar-refractivity contribution >= 4 is 47.0 Å². The van der Waals surface area contributed by atoms with Gasteiger partial charge in [0.25, 0.3) is 0 Å². The van der Waals surface area contributed by atoms with Crippen molar-refractivity contribution in [1.82, 2.24) is 15.2 Å². The molecule has 0 atom stereocenters. The fourth-order valence-electron chi connectivity index (χ4n) is 1.99. The summed E-state index contributed by atoms with van der Waals surface area (Å²) in [4.78, 5) is 15.6. The normalized spacial score (nSPS) is 11.7. The highest BCUT2D eigenvalue weighted by Crippen LogP contribution is 2.33. The van der Waals surface area contributed by atoms with Crippen LogP contribution >= 0.6 is 35.0 Å². The Bertz CT molecular complexity index is 965. The second-order valence-corrected chi connectivity index (χ2v) is 6.80. The van der Waals surface area contributed by atoms with Gasteiger partial charge < -0.3 is 9.52 Å². The minimum atomic E-state index is -1.10. The Balaban J connectivity index is 1.88. The summed E-state index contributed by atoms with van der Waals surface area (Å²) in [6.45, 7) is 1.73. The number of aryl methyl sites for hydroxylation is 1. The van der Waals surface area contributed by atoms with Gasteiger partial charge in [-0.15, -0.1) is 5.10 Å². The lowest BCUT2D eigenvalue weighted by Gasteiger charge is -2.01. The first-order valence-corrected chi connectivity index (χ1v) is 8.57. The van der Waals surface area contributed by atoms with Crippen LogP contribution in [-0.2, 0) is 4.79 Å². The maximum absolute atomic E-state index is 11.5. The van der Waals surface area contributed by atoms with Crippen LogP contribution in [0.2, 0.25) is 10.0 Å². The number of rotatable bonds is 5. The molecule has 0 spiro atoms. The Morgan fingerprint density at radius 2 is 2.12 bits per heavy atom. The number of H-pyrrole nitrogens is 1. The second kappa shape index (κ2) is 7.35. The first kappa shape index (κ1) is 17.6. The number of hydrogen-bond acceptors (Lipinski definition) is 5. The number of carboxylic acids is 1. The van der Waals surface area contributed by atoms with E-state index in [0.717, 1.165) is 11.8 Å². The van der Waals surface area contributed by atoms with Gasteiger partial charge in [-0.2, -0.15) is 0 Å². The van der Waals surface area contributed by atoms with E-state index in [0.29, 0.717) is 38.1 Å². The van der Waals surface area contributed by atoms with Gasteiger partial charge in [0.1, 0.15) is 22.3 Å². The molecule has 3 rings (SSSR count). The van der Waals surface area contributed by atoms with Crippen molar-refractivity contribution < 1.29 is 14.3 Å². The number of halogens is 2. The molecule has 0 aliphatic heterocycles. The van der Waals surface area contributed by atoms with Crippen molar-refractivity contribution in [3.05, 3.63) is 56.9 Å². The van der Waals surface area contributed by atoms with E-state index < -0.39 is 5.97 Å². The fraction of sp³-hybridized carbons (Fsp3) is 0.0625. The molecular formula is C16H11Cl2N3O3S. The zero-order chi connectivity index (χ0) is 18.0. The van der Waals surface area contributed by atoms with Crippen molar-refractivity contribution in [2.24, 2.45) is 0 Å². The second-order valence-electron chi connectivity index (χ2n) is 4.95. The zero-order valence-corrected chi connectivity index (χ0v) is 15.1. The number of nitrogens with zero attached hydrogens (tertiary/aromatic N) is 2. The summed E-state index contributed by atoms with van der Waals surface area (Å²) in [5.74, 6) is 0.384. The number of carbonyl (C=O) groups is 1. The lowest BCUT2D eigenvalue weighted by atomic mass is 10.2. The Labute approximate surface area is 156 Å². The van der Waals surface area contributed by atoms with Crippen molar-refractivity contribution in [3.63, 3.8) is 0 Å². The van der Waals surface area contributed by atoms with Crippen LogP contribution < -0.4 is 0 Å². The zero-order valence-electron chi connectivity index (χ0n) is 12.8. The van der Waals surface area contributed by atoms with Gasteiger partial charge in [-0.05, 0) is 49.0 Å². The molecule has 0 aliphatic carbocycles. The number of aliphatic carboxylic acids is 1. The number of thioether (sulfide) groups is 1. The van der Waals surface area contributed by atoms with Gasteiger partial charge in [0, 0.05) is 16.7 Å². The molecule has 0 fully saturated rings. The minimum Gasteiger partial charge on any atom is -0.477 e. The van der Waals surface area contributed by atoms with Crippen molar-refractivity contribution in [2.45, 2.75) is 12.1 Å². The van der Waals surface area contributed by atoms with Gasteiger partial charge in [-0.1, -0.05) is 23.2 Å². The highest BCUT2D eigenvalue weighted by atomic mass is 35.5. The number of carboxylic acid groups (broad SMARTS) is 1. The molecule has 2 heterocycles. The highest BCUT2D eigenvalue weighted by Gasteiger charge is 2.15. The van der Waals surface area contributed by atoms with Crippen LogP contribution in [0.5, 0.6) is 0 Å². The maximum atomic E-state index is 11.5. The Morgan fingerprint density at radius 3 is 2.76 bits per heavy atom. The summed E-state index contributed by atoms with van der Waals surface area (Å²) in [6.07, 6.45) is 1.41. The monoisotopic (exact) mass is 395 g/mol. The first-order chi connectivity index (χ1) is 11.9. The van der Waals surface area contributed by atoms with Gasteiger partial charge in [0.2, 0.25) is 5.16 Å². The predicted octanol–water partition coefficient (Wildman–Crippen LogP) is 4.90. The lowest BCUT2D eigenvalue weighted by molar-refractivity contribution is -0.131. The minimum absolute atomic E-state index is 0.0297. The Kier molecular flexibility index (Phi) is 5.17. The molecule has 6 nitrogen and oxygen atoms in total. The van der Waals surface area contributed by atoms with E-state index in [2.05, 4.69) is 15.2 Å². The molecule has 2 aromatic heterocycles. The summed E-state index contributed by atoms with van der Waals surface area (Å²) in [5.41, 5.74) is 0.667. The van der Waals surface area contributed by atoms with Crippen LogP contribution in [0.25, 0.3) is 17.4 Å². The van der Waals surface area contributed by atoms with E-state index >= 15 is 0 Å². The molecule has 0 unspecified atom stereocenters. The number of hydrogen-bond donors (Lipinski definition) is 2. The van der Waals surface area contributed by atoms with E-state index in [1.165, 1.54) is 6.08 Å². The summed E-state index contributed by atoms with van der Waals surface area (Å²) < 4.78 is 5.68. The van der Waals surface area contributed by atoms with E-state index in [9.17, 15) is 9.90 Å². The van der Waals surface area contributed by atoms with E-state index in [-0.39, 0.29) is 4.91 Å². The molecule has 0 bridgehead atoms. The molecule has 2 N–H and O–H groups in total. The molecule has 0 saturated carbocycles. The third-order valence-corrected chi connectivity index (χ3v) is 4.51. The summed E-state index contributed by atoms with van der Waals surface area (Å²) in [6, 6.07) is 8.42. The molecule has 128 valence electrons. The molecule has 0 radical (unpaired) electrons. The Hall–Kier alpha value is -2.22. The summed E-state index contributed by atoms with van der Waals surface area (Å²) in [7, 11) is 0. The average molecular weight is 396 g/mol. The van der Waals surface area contributed by atoms with Crippen LogP contribution in [0.15, 0.2) is 44.8 Å². The summed E-state index contributed by atoms with van der Waals surface area (Å²) in [5, 5.41) is 17.2. The number of aromatic nitrogens is 3. The standard InChI is InChI=1S/C16H11Cl2N3O3S/c1-8-19-16(21-20-8)25-14(15(22)23)7-10-3-5-13(24-10)11-4-2-9(17)6-12(11)18/h2-7H,1H3,(H,22,23)(H,19,20,21). The maximum Gasteiger partial charge on any atom is 0.342 e. The third kappa shape index (κ3) is 4.25. The summed E-state index contributed by atoms with van der Waals surface area (Å²) >= 11 is 13.0. The van der Waals surface area contributed by atoms with Gasteiger partial charge in [0.15, 0.2) is 0 Å². The SMILES string of the molecule is Cc1nc(SC(=Cc2ccc(-c3ccc(Cl)cc3Cl)o2)C(=O)O)n[nH]1. The highest BCUT2D eigenvalue weighted by molar-refractivity contribution is 8.04. The van der Waals surface area contributed by atoms with Crippen LogP contribution in [-0.4, -0.2) is 26.3 Å². The van der Waals surface area contributed by atoms with Crippen molar-refractivity contribution in [3.8, 4) is 11.3 Å². The van der Waals surface area contributed by atoms with E-state index in [1.54, 1.807) is 37.3 Å². The molecule has 0 saturated heterocycles. The molecule has 3 aromatic rings. The quantitative estimate of drug-likeness (QED) is 0.471. The topological polar surface area (TPSA) is 92.0 Å². The number of benzene rings is 1. The molecule has 9 heteroatoms. The van der Waals surface area contributed by atoms with Gasteiger partial charge in [-0.25, -0.2) is 9.78 Å². The van der Waals surface area contributed by atoms with Crippen molar-refractivity contribution in [1.29, 1.82) is 0 Å². The van der Waals surface area contributed by atoms with Crippen LogP contribution in [0.3, 0.4) is 0 Å². The van der Waals surface area contributed by atoms with Crippen molar-refractivity contribution in [2.75, 3.05) is 0 Å². The van der Waals surface area contributed by atoms with Gasteiger partial charge in [0.05, 0.1) is 5.02 Å². The molecule has 25 heavy (non-hydrogen) atoms. The third-order valence-electron chi connectivity index (χ3n) is 3.09. The van der Waals surface area contributed by atoms with E-state index in [1.807, 2.05) is 0 Å². The van der Waals surface area contributed by atoms with Crippen LogP contribution in [0.4, 0.5) is 0 Å². The largest absolute Gasteiger partial charge is 0.477 e. The molecule has 0 amide bonds. The predicted molar refractivity (Wildman–Crippen MR) is 96.8 cm³/mol. The first-order valence-electron chi connectivity index (χ1n) is 6.99.